The first-order valence-corrected chi connectivity index (χ1v) is 6.42. The van der Waals surface area contributed by atoms with Gasteiger partial charge in [0.05, 0.1) is 17.3 Å². The molecule has 0 aliphatic rings. The molecule has 0 heterocycles. The maximum Gasteiger partial charge on any atom is 0.265 e. The van der Waals surface area contributed by atoms with Gasteiger partial charge in [0.1, 0.15) is 17.4 Å². The van der Waals surface area contributed by atoms with Gasteiger partial charge in [-0.05, 0) is 43.3 Å². The van der Waals surface area contributed by atoms with E-state index in [1.807, 2.05) is 6.07 Å². The number of carbonyl (C=O) groups excluding carboxylic acids is 1. The Kier molecular flexibility index (Phi) is 4.69. The molecular weight excluding hydrogens is 290 g/mol. The van der Waals surface area contributed by atoms with E-state index in [1.54, 1.807) is 24.3 Å². The van der Waals surface area contributed by atoms with E-state index in [0.717, 1.165) is 18.2 Å². The van der Waals surface area contributed by atoms with Crippen LogP contribution in [0.3, 0.4) is 0 Å². The van der Waals surface area contributed by atoms with Crippen LogP contribution in [0, 0.1) is 23.0 Å². The summed E-state index contributed by atoms with van der Waals surface area (Å²) in [7, 11) is 0. The number of nitrogens with zero attached hydrogens (tertiary/aromatic N) is 1. The fourth-order valence-corrected chi connectivity index (χ4v) is 1.69. The van der Waals surface area contributed by atoms with Crippen molar-refractivity contribution in [3.8, 4) is 11.8 Å². The van der Waals surface area contributed by atoms with Crippen LogP contribution in [0.1, 0.15) is 12.5 Å². The van der Waals surface area contributed by atoms with Crippen LogP contribution in [0.5, 0.6) is 5.75 Å². The third-order valence-electron chi connectivity index (χ3n) is 2.85. The highest BCUT2D eigenvalue weighted by Gasteiger charge is 2.17. The number of benzene rings is 2. The molecule has 0 aliphatic heterocycles. The minimum absolute atomic E-state index is 0.250. The molecule has 2 aromatic rings. The number of ether oxygens (including phenoxy) is 1. The molecule has 0 radical (unpaired) electrons. The van der Waals surface area contributed by atoms with Gasteiger partial charge < -0.3 is 10.1 Å². The van der Waals surface area contributed by atoms with E-state index in [1.165, 1.54) is 6.92 Å². The van der Waals surface area contributed by atoms with Crippen LogP contribution >= 0.6 is 0 Å². The summed E-state index contributed by atoms with van der Waals surface area (Å²) in [6, 6.07) is 10.9. The molecule has 6 heteroatoms. The van der Waals surface area contributed by atoms with Gasteiger partial charge in [0.2, 0.25) is 0 Å². The molecule has 0 aliphatic carbocycles. The quantitative estimate of drug-likeness (QED) is 0.943. The van der Waals surface area contributed by atoms with Crippen molar-refractivity contribution < 1.29 is 18.3 Å². The van der Waals surface area contributed by atoms with Gasteiger partial charge in [-0.25, -0.2) is 8.78 Å². The minimum Gasteiger partial charge on any atom is -0.481 e. The van der Waals surface area contributed by atoms with E-state index in [2.05, 4.69) is 5.32 Å². The van der Waals surface area contributed by atoms with Crippen LogP contribution in [0.4, 0.5) is 14.5 Å². The average Bonchev–Trinajstić information content (AvgIpc) is 2.51. The Morgan fingerprint density at radius 3 is 2.55 bits per heavy atom. The second kappa shape index (κ2) is 6.68. The van der Waals surface area contributed by atoms with Crippen LogP contribution in [-0.4, -0.2) is 12.0 Å². The first-order valence-electron chi connectivity index (χ1n) is 6.42. The van der Waals surface area contributed by atoms with Gasteiger partial charge in [-0.1, -0.05) is 0 Å². The number of amides is 1. The number of halogens is 2. The van der Waals surface area contributed by atoms with E-state index in [-0.39, 0.29) is 5.69 Å². The largest absolute Gasteiger partial charge is 0.481 e. The molecule has 2 rings (SSSR count). The fourth-order valence-electron chi connectivity index (χ4n) is 1.69. The van der Waals surface area contributed by atoms with Crippen molar-refractivity contribution in [1.29, 1.82) is 5.26 Å². The monoisotopic (exact) mass is 302 g/mol. The van der Waals surface area contributed by atoms with Gasteiger partial charge in [0.15, 0.2) is 6.10 Å². The predicted molar refractivity (Wildman–Crippen MR) is 76.2 cm³/mol. The van der Waals surface area contributed by atoms with E-state index in [9.17, 15) is 13.6 Å². The molecule has 0 spiro atoms. The van der Waals surface area contributed by atoms with Crippen LogP contribution in [0.25, 0.3) is 0 Å². The first-order chi connectivity index (χ1) is 10.5. The van der Waals surface area contributed by atoms with Crippen molar-refractivity contribution in [2.75, 3.05) is 5.32 Å². The van der Waals surface area contributed by atoms with Crippen LogP contribution in [0.2, 0.25) is 0 Å². The lowest BCUT2D eigenvalue weighted by Crippen LogP contribution is -2.30. The van der Waals surface area contributed by atoms with Crippen LogP contribution < -0.4 is 10.1 Å². The number of rotatable bonds is 4. The van der Waals surface area contributed by atoms with Crippen molar-refractivity contribution in [1.82, 2.24) is 0 Å². The highest BCUT2D eigenvalue weighted by molar-refractivity contribution is 5.94. The average molecular weight is 302 g/mol. The molecule has 1 amide bonds. The summed E-state index contributed by atoms with van der Waals surface area (Å²) >= 11 is 0. The van der Waals surface area contributed by atoms with Gasteiger partial charge >= 0.3 is 0 Å². The summed E-state index contributed by atoms with van der Waals surface area (Å²) in [4.78, 5) is 11.9. The second-order valence-electron chi connectivity index (χ2n) is 4.51. The minimum atomic E-state index is -0.921. The Balaban J connectivity index is 2.02. The lowest BCUT2D eigenvalue weighted by atomic mass is 10.2. The van der Waals surface area contributed by atoms with E-state index in [4.69, 9.17) is 10.00 Å². The maximum absolute atomic E-state index is 13.5. The highest BCUT2D eigenvalue weighted by Crippen LogP contribution is 2.17. The number of anilines is 1. The van der Waals surface area contributed by atoms with Crippen molar-refractivity contribution >= 4 is 11.6 Å². The molecule has 0 aromatic heterocycles. The lowest BCUT2D eigenvalue weighted by molar-refractivity contribution is -0.122. The number of carbonyl (C=O) groups is 1. The van der Waals surface area contributed by atoms with Gasteiger partial charge in [-0.3, -0.25) is 4.79 Å². The topological polar surface area (TPSA) is 62.1 Å². The van der Waals surface area contributed by atoms with Crippen molar-refractivity contribution in [2.45, 2.75) is 13.0 Å². The zero-order valence-electron chi connectivity index (χ0n) is 11.6. The molecule has 1 N–H and O–H groups in total. The zero-order valence-corrected chi connectivity index (χ0v) is 11.6. The normalized spacial score (nSPS) is 11.4. The molecule has 2 aromatic carbocycles. The second-order valence-corrected chi connectivity index (χ2v) is 4.51. The molecule has 0 unspecified atom stereocenters. The molecule has 22 heavy (non-hydrogen) atoms. The Morgan fingerprint density at radius 1 is 1.23 bits per heavy atom. The number of nitriles is 1. The number of nitrogens with one attached hydrogen (secondary N) is 1. The molecule has 0 saturated heterocycles. The van der Waals surface area contributed by atoms with Gasteiger partial charge in [-0.15, -0.1) is 0 Å². The molecule has 112 valence electrons. The van der Waals surface area contributed by atoms with Crippen LogP contribution in [-0.2, 0) is 4.79 Å². The zero-order chi connectivity index (χ0) is 16.1. The summed E-state index contributed by atoms with van der Waals surface area (Å²) in [5, 5.41) is 11.0. The number of hydrogen-bond donors (Lipinski definition) is 1. The Labute approximate surface area is 125 Å². The van der Waals surface area contributed by atoms with Crippen LogP contribution in [0.15, 0.2) is 42.5 Å². The summed E-state index contributed by atoms with van der Waals surface area (Å²) < 4.78 is 31.9. The smallest absolute Gasteiger partial charge is 0.265 e. The van der Waals surface area contributed by atoms with Crippen molar-refractivity contribution in [3.63, 3.8) is 0 Å². The summed E-state index contributed by atoms with van der Waals surface area (Å²) in [5.41, 5.74) is 0.214. The maximum atomic E-state index is 13.5. The van der Waals surface area contributed by atoms with Gasteiger partial charge in [-0.2, -0.15) is 5.26 Å². The third-order valence-corrected chi connectivity index (χ3v) is 2.85. The molecule has 4 nitrogen and oxygen atoms in total. The third kappa shape index (κ3) is 3.79. The SMILES string of the molecule is C[C@H](Oc1ccc(C#N)cc1)C(=O)Nc1cc(F)ccc1F. The van der Waals surface area contributed by atoms with E-state index in [0.29, 0.717) is 11.3 Å². The molecule has 1 atom stereocenters. The summed E-state index contributed by atoms with van der Waals surface area (Å²) in [6.07, 6.45) is -0.921. The standard InChI is InChI=1S/C16H12F2N2O2/c1-10(22-13-5-2-11(9-19)3-6-13)16(21)20-15-8-12(17)4-7-14(15)18/h2-8,10H,1H3,(H,20,21)/t10-/m0/s1. The number of hydrogen-bond acceptors (Lipinski definition) is 3. The summed E-state index contributed by atoms with van der Waals surface area (Å²) in [6.45, 7) is 1.48. The van der Waals surface area contributed by atoms with E-state index >= 15 is 0 Å². The Hall–Kier alpha value is -2.94. The molecule has 0 bridgehead atoms. The van der Waals surface area contributed by atoms with Gasteiger partial charge in [0.25, 0.3) is 5.91 Å². The first kappa shape index (κ1) is 15.4. The van der Waals surface area contributed by atoms with Gasteiger partial charge in [0, 0.05) is 6.07 Å². The van der Waals surface area contributed by atoms with Crippen molar-refractivity contribution in [2.24, 2.45) is 0 Å². The molecule has 0 fully saturated rings. The highest BCUT2D eigenvalue weighted by atomic mass is 19.1. The fraction of sp³-hybridized carbons (Fsp3) is 0.125. The van der Waals surface area contributed by atoms with Crippen molar-refractivity contribution in [3.05, 3.63) is 59.7 Å². The predicted octanol–water partition coefficient (Wildman–Crippen LogP) is 3.24. The van der Waals surface area contributed by atoms with E-state index < -0.39 is 23.6 Å². The summed E-state index contributed by atoms with van der Waals surface area (Å²) in [5.74, 6) is -1.62. The molecular formula is C16H12F2N2O2. The Morgan fingerprint density at radius 2 is 1.91 bits per heavy atom. The molecule has 0 saturated carbocycles. The lowest BCUT2D eigenvalue weighted by Gasteiger charge is -2.15. The Bertz CT molecular complexity index is 724.